The van der Waals surface area contributed by atoms with Crippen molar-refractivity contribution in [2.45, 2.75) is 37.5 Å². The molecule has 0 atom stereocenters. The molecule has 0 unspecified atom stereocenters. The maximum Gasteiger partial charge on any atom is 0.240 e. The molecule has 1 saturated carbocycles. The molecule has 0 aromatic carbocycles. The fourth-order valence-corrected chi connectivity index (χ4v) is 3.76. The molecule has 1 aliphatic rings. The van der Waals surface area contributed by atoms with E-state index in [9.17, 15) is 8.42 Å². The molecule has 6 heteroatoms. The van der Waals surface area contributed by atoms with E-state index >= 15 is 0 Å². The van der Waals surface area contributed by atoms with Gasteiger partial charge in [0, 0.05) is 12.7 Å². The molecule has 1 aromatic heterocycles. The maximum atomic E-state index is 12.1. The number of aromatic nitrogens is 1. The molecule has 0 bridgehead atoms. The van der Waals surface area contributed by atoms with E-state index in [-0.39, 0.29) is 15.5 Å². The molecule has 0 amide bonds. The second kappa shape index (κ2) is 5.15. The normalized spacial score (nSPS) is 19.0. The summed E-state index contributed by atoms with van der Waals surface area (Å²) in [6.45, 7) is 2.61. The molecular formula is C12H17ClN2O2S. The average Bonchev–Trinajstić information content (AvgIpc) is 2.75. The van der Waals surface area contributed by atoms with E-state index in [0.717, 1.165) is 12.8 Å². The molecule has 2 rings (SSSR count). The highest BCUT2D eigenvalue weighted by atomic mass is 35.5. The predicted molar refractivity (Wildman–Crippen MR) is 71.0 cm³/mol. The fraction of sp³-hybridized carbons (Fsp3) is 0.583. The van der Waals surface area contributed by atoms with Crippen LogP contribution in [0, 0.1) is 5.41 Å². The highest BCUT2D eigenvalue weighted by molar-refractivity contribution is 7.89. The Morgan fingerprint density at radius 2 is 2.11 bits per heavy atom. The van der Waals surface area contributed by atoms with Crippen LogP contribution in [0.1, 0.15) is 32.6 Å². The molecule has 1 heterocycles. The van der Waals surface area contributed by atoms with Crippen LogP contribution in [0.25, 0.3) is 0 Å². The number of hydrogen-bond acceptors (Lipinski definition) is 3. The minimum atomic E-state index is -3.48. The number of hydrogen-bond donors (Lipinski definition) is 1. The molecule has 0 saturated heterocycles. The van der Waals surface area contributed by atoms with Gasteiger partial charge in [-0.2, -0.15) is 0 Å². The Morgan fingerprint density at radius 3 is 2.72 bits per heavy atom. The second-order valence-corrected chi connectivity index (χ2v) is 7.31. The van der Waals surface area contributed by atoms with Crippen LogP contribution in [0.5, 0.6) is 0 Å². The van der Waals surface area contributed by atoms with Crippen molar-refractivity contribution in [2.24, 2.45) is 5.41 Å². The monoisotopic (exact) mass is 288 g/mol. The van der Waals surface area contributed by atoms with E-state index in [0.29, 0.717) is 6.54 Å². The van der Waals surface area contributed by atoms with Crippen LogP contribution in [0.4, 0.5) is 0 Å². The van der Waals surface area contributed by atoms with Crippen LogP contribution in [-0.2, 0) is 10.0 Å². The summed E-state index contributed by atoms with van der Waals surface area (Å²) < 4.78 is 26.8. The molecule has 1 fully saturated rings. The van der Waals surface area contributed by atoms with Crippen LogP contribution in [-0.4, -0.2) is 19.9 Å². The van der Waals surface area contributed by atoms with Crippen molar-refractivity contribution in [1.82, 2.24) is 9.71 Å². The number of nitrogens with one attached hydrogen (secondary N) is 1. The fourth-order valence-electron chi connectivity index (χ4n) is 2.31. The van der Waals surface area contributed by atoms with Gasteiger partial charge in [-0.1, -0.05) is 31.4 Å². The summed E-state index contributed by atoms with van der Waals surface area (Å²) >= 11 is 5.70. The smallest absolute Gasteiger partial charge is 0.240 e. The largest absolute Gasteiger partial charge is 0.244 e. The zero-order valence-electron chi connectivity index (χ0n) is 10.3. The number of halogens is 1. The molecular weight excluding hydrogens is 272 g/mol. The number of nitrogens with zero attached hydrogens (tertiary/aromatic N) is 1. The van der Waals surface area contributed by atoms with Gasteiger partial charge in [0.2, 0.25) is 10.0 Å². The lowest BCUT2D eigenvalue weighted by Gasteiger charge is -2.23. The Balaban J connectivity index is 2.08. The lowest BCUT2D eigenvalue weighted by molar-refractivity contribution is 0.336. The van der Waals surface area contributed by atoms with Gasteiger partial charge in [0.15, 0.2) is 0 Å². The van der Waals surface area contributed by atoms with E-state index in [1.165, 1.54) is 31.2 Å². The Hall–Kier alpha value is -0.650. The van der Waals surface area contributed by atoms with Gasteiger partial charge in [-0.3, -0.25) is 0 Å². The molecule has 100 valence electrons. The molecule has 1 N–H and O–H groups in total. The first-order valence-corrected chi connectivity index (χ1v) is 7.89. The quantitative estimate of drug-likeness (QED) is 0.867. The second-order valence-electron chi connectivity index (χ2n) is 5.16. The maximum absolute atomic E-state index is 12.1. The minimum Gasteiger partial charge on any atom is -0.244 e. The average molecular weight is 289 g/mol. The van der Waals surface area contributed by atoms with Crippen molar-refractivity contribution in [1.29, 1.82) is 0 Å². The van der Waals surface area contributed by atoms with E-state index < -0.39 is 10.0 Å². The lowest BCUT2D eigenvalue weighted by Crippen LogP contribution is -2.34. The van der Waals surface area contributed by atoms with Crippen molar-refractivity contribution in [2.75, 3.05) is 6.54 Å². The predicted octanol–water partition coefficient (Wildman–Crippen LogP) is 2.59. The molecule has 0 radical (unpaired) electrons. The third-order valence-corrected chi connectivity index (χ3v) is 5.11. The third kappa shape index (κ3) is 3.22. The molecule has 0 aliphatic heterocycles. The van der Waals surface area contributed by atoms with Gasteiger partial charge in [-0.05, 0) is 30.4 Å². The summed E-state index contributed by atoms with van der Waals surface area (Å²) in [6.07, 6.45) is 5.91. The van der Waals surface area contributed by atoms with E-state index in [2.05, 4.69) is 16.6 Å². The zero-order valence-corrected chi connectivity index (χ0v) is 11.9. The topological polar surface area (TPSA) is 59.1 Å². The third-order valence-electron chi connectivity index (χ3n) is 3.51. The molecule has 0 spiro atoms. The van der Waals surface area contributed by atoms with Gasteiger partial charge in [0.25, 0.3) is 0 Å². The summed E-state index contributed by atoms with van der Waals surface area (Å²) in [6, 6.07) is 2.81. The Morgan fingerprint density at radius 1 is 1.44 bits per heavy atom. The Kier molecular flexibility index (Phi) is 3.94. The van der Waals surface area contributed by atoms with Gasteiger partial charge < -0.3 is 0 Å². The van der Waals surface area contributed by atoms with Gasteiger partial charge in [0.05, 0.1) is 4.90 Å². The molecule has 1 aromatic rings. The Labute approximate surface area is 113 Å². The number of sulfonamides is 1. The molecule has 18 heavy (non-hydrogen) atoms. The summed E-state index contributed by atoms with van der Waals surface area (Å²) in [5.41, 5.74) is 0.0872. The highest BCUT2D eigenvalue weighted by Crippen LogP contribution is 2.36. The first-order valence-electron chi connectivity index (χ1n) is 6.03. The van der Waals surface area contributed by atoms with Crippen LogP contribution < -0.4 is 4.72 Å². The van der Waals surface area contributed by atoms with Crippen LogP contribution in [0.3, 0.4) is 0 Å². The zero-order chi connectivity index (χ0) is 13.2. The SMILES string of the molecule is CC1(CNS(=O)(=O)c2ccnc(Cl)c2)CCCC1. The molecule has 1 aliphatic carbocycles. The van der Waals surface area contributed by atoms with Crippen molar-refractivity contribution in [3.05, 3.63) is 23.5 Å². The van der Waals surface area contributed by atoms with Gasteiger partial charge in [-0.25, -0.2) is 18.1 Å². The van der Waals surface area contributed by atoms with Crippen LogP contribution >= 0.6 is 11.6 Å². The number of pyridine rings is 1. The number of rotatable bonds is 4. The summed E-state index contributed by atoms with van der Waals surface area (Å²) in [4.78, 5) is 3.95. The first-order chi connectivity index (χ1) is 8.41. The van der Waals surface area contributed by atoms with E-state index in [1.807, 2.05) is 0 Å². The summed E-state index contributed by atoms with van der Waals surface area (Å²) in [5, 5.41) is 0.185. The minimum absolute atomic E-state index is 0.0872. The summed E-state index contributed by atoms with van der Waals surface area (Å²) in [7, 11) is -3.48. The molecule has 4 nitrogen and oxygen atoms in total. The highest BCUT2D eigenvalue weighted by Gasteiger charge is 2.30. The lowest BCUT2D eigenvalue weighted by atomic mass is 9.89. The standard InChI is InChI=1S/C12H17ClN2O2S/c1-12(5-2-3-6-12)9-15-18(16,17)10-4-7-14-11(13)8-10/h4,7-8,15H,2-3,5-6,9H2,1H3. The van der Waals surface area contributed by atoms with Crippen LogP contribution in [0.15, 0.2) is 23.2 Å². The van der Waals surface area contributed by atoms with Gasteiger partial charge >= 0.3 is 0 Å². The van der Waals surface area contributed by atoms with Crippen molar-refractivity contribution in [3.8, 4) is 0 Å². The van der Waals surface area contributed by atoms with Crippen molar-refractivity contribution < 1.29 is 8.42 Å². The van der Waals surface area contributed by atoms with Gasteiger partial charge in [0.1, 0.15) is 5.15 Å². The van der Waals surface area contributed by atoms with E-state index in [1.54, 1.807) is 0 Å². The first kappa shape index (κ1) is 13.8. The van der Waals surface area contributed by atoms with Crippen LogP contribution in [0.2, 0.25) is 5.15 Å². The van der Waals surface area contributed by atoms with Crippen molar-refractivity contribution >= 4 is 21.6 Å². The van der Waals surface area contributed by atoms with E-state index in [4.69, 9.17) is 11.6 Å². The summed E-state index contributed by atoms with van der Waals surface area (Å²) in [5.74, 6) is 0. The Bertz CT molecular complexity index is 525. The van der Waals surface area contributed by atoms with Gasteiger partial charge in [-0.15, -0.1) is 0 Å². The van der Waals surface area contributed by atoms with Crippen molar-refractivity contribution in [3.63, 3.8) is 0 Å².